The summed E-state index contributed by atoms with van der Waals surface area (Å²) in [5, 5.41) is 0. The Labute approximate surface area is 108 Å². The number of nitrogens with two attached hydrogens (primary N) is 1. The van der Waals surface area contributed by atoms with Gasteiger partial charge in [-0.1, -0.05) is 24.0 Å². The number of benzene rings is 1. The van der Waals surface area contributed by atoms with E-state index in [1.54, 1.807) is 31.3 Å². The smallest absolute Gasteiger partial charge is 0.244 e. The lowest BCUT2D eigenvalue weighted by Gasteiger charge is -2.17. The van der Waals surface area contributed by atoms with E-state index in [9.17, 15) is 8.42 Å². The first-order valence-corrected chi connectivity index (χ1v) is 7.27. The van der Waals surface area contributed by atoms with Crippen LogP contribution >= 0.6 is 0 Å². The minimum absolute atomic E-state index is 0.144. The lowest BCUT2D eigenvalue weighted by atomic mass is 10.2. The summed E-state index contributed by atoms with van der Waals surface area (Å²) in [7, 11) is -1.82. The van der Waals surface area contributed by atoms with Gasteiger partial charge in [0.05, 0.1) is 11.4 Å². The summed E-state index contributed by atoms with van der Waals surface area (Å²) in [6.45, 7) is 0.215. The first-order chi connectivity index (χ1) is 8.57. The fourth-order valence-electron chi connectivity index (χ4n) is 1.73. The van der Waals surface area contributed by atoms with Crippen molar-refractivity contribution in [2.45, 2.75) is 23.8 Å². The third-order valence-electron chi connectivity index (χ3n) is 2.93. The zero-order valence-corrected chi connectivity index (χ0v) is 11.1. The number of hydrogen-bond acceptors (Lipinski definition) is 3. The molecule has 1 aliphatic rings. The highest BCUT2D eigenvalue weighted by atomic mass is 32.2. The Morgan fingerprint density at radius 1 is 1.39 bits per heavy atom. The molecule has 0 saturated heterocycles. The summed E-state index contributed by atoms with van der Waals surface area (Å²) in [6, 6.07) is 6.92. The van der Waals surface area contributed by atoms with E-state index in [4.69, 9.17) is 5.73 Å². The highest BCUT2D eigenvalue weighted by Gasteiger charge is 2.35. The molecule has 0 aromatic heterocycles. The summed E-state index contributed by atoms with van der Waals surface area (Å²) in [6.07, 6.45) is 1.87. The highest BCUT2D eigenvalue weighted by molar-refractivity contribution is 7.89. The zero-order chi connectivity index (χ0) is 13.2. The van der Waals surface area contributed by atoms with E-state index < -0.39 is 10.0 Å². The summed E-state index contributed by atoms with van der Waals surface area (Å²) < 4.78 is 26.3. The van der Waals surface area contributed by atoms with Crippen LogP contribution in [0.2, 0.25) is 0 Å². The molecule has 1 saturated carbocycles. The van der Waals surface area contributed by atoms with E-state index >= 15 is 0 Å². The molecule has 0 radical (unpaired) electrons. The van der Waals surface area contributed by atoms with Crippen LogP contribution in [0.1, 0.15) is 18.4 Å². The fourth-order valence-corrected chi connectivity index (χ4v) is 3.29. The van der Waals surface area contributed by atoms with E-state index in [2.05, 4.69) is 11.8 Å². The normalized spacial score (nSPS) is 15.3. The fraction of sp³-hybridized carbons (Fsp3) is 0.385. The lowest BCUT2D eigenvalue weighted by Crippen LogP contribution is -2.29. The highest BCUT2D eigenvalue weighted by Crippen LogP contribution is 2.31. The van der Waals surface area contributed by atoms with E-state index in [1.165, 1.54) is 4.31 Å². The largest absolute Gasteiger partial charge is 0.320 e. The van der Waals surface area contributed by atoms with Gasteiger partial charge in [0.25, 0.3) is 0 Å². The van der Waals surface area contributed by atoms with Crippen molar-refractivity contribution in [3.05, 3.63) is 29.8 Å². The average molecular weight is 264 g/mol. The van der Waals surface area contributed by atoms with Crippen molar-refractivity contribution in [1.29, 1.82) is 0 Å². The summed E-state index contributed by atoms with van der Waals surface area (Å²) in [5.74, 6) is 5.51. The molecule has 2 rings (SSSR count). The van der Waals surface area contributed by atoms with E-state index in [0.717, 1.165) is 12.8 Å². The first kappa shape index (κ1) is 13.1. The summed E-state index contributed by atoms with van der Waals surface area (Å²) in [5.41, 5.74) is 5.83. The van der Waals surface area contributed by atoms with Crippen LogP contribution in [-0.4, -0.2) is 32.4 Å². The molecule has 2 N–H and O–H groups in total. The molecule has 1 aromatic rings. The van der Waals surface area contributed by atoms with Gasteiger partial charge in [-0.15, -0.1) is 0 Å². The van der Waals surface area contributed by atoms with Gasteiger partial charge in [0.15, 0.2) is 0 Å². The Kier molecular flexibility index (Phi) is 3.71. The van der Waals surface area contributed by atoms with Gasteiger partial charge in [-0.2, -0.15) is 4.31 Å². The van der Waals surface area contributed by atoms with Crippen molar-refractivity contribution in [2.75, 3.05) is 13.6 Å². The van der Waals surface area contributed by atoms with Crippen LogP contribution in [-0.2, 0) is 10.0 Å². The molecule has 5 heteroatoms. The molecule has 4 nitrogen and oxygen atoms in total. The third kappa shape index (κ3) is 2.56. The second-order valence-corrected chi connectivity index (χ2v) is 6.22. The zero-order valence-electron chi connectivity index (χ0n) is 10.3. The van der Waals surface area contributed by atoms with Crippen LogP contribution in [0.25, 0.3) is 0 Å². The quantitative estimate of drug-likeness (QED) is 0.821. The Hall–Kier alpha value is -1.35. The van der Waals surface area contributed by atoms with Crippen LogP contribution in [0, 0.1) is 11.8 Å². The number of rotatable bonds is 3. The number of hydrogen-bond donors (Lipinski definition) is 1. The molecule has 0 bridgehead atoms. The average Bonchev–Trinajstić information content (AvgIpc) is 3.20. The second-order valence-electron chi connectivity index (χ2n) is 4.25. The molecular formula is C13H16N2O2S. The Morgan fingerprint density at radius 3 is 2.67 bits per heavy atom. The van der Waals surface area contributed by atoms with Crippen molar-refractivity contribution in [3.63, 3.8) is 0 Å². The molecule has 1 fully saturated rings. The van der Waals surface area contributed by atoms with Crippen molar-refractivity contribution in [1.82, 2.24) is 4.31 Å². The summed E-state index contributed by atoms with van der Waals surface area (Å²) >= 11 is 0. The second kappa shape index (κ2) is 5.11. The molecule has 1 aliphatic carbocycles. The van der Waals surface area contributed by atoms with E-state index in [1.807, 2.05) is 0 Å². The molecule has 0 aliphatic heterocycles. The third-order valence-corrected chi connectivity index (χ3v) is 4.90. The van der Waals surface area contributed by atoms with Gasteiger partial charge in [0.2, 0.25) is 10.0 Å². The van der Waals surface area contributed by atoms with E-state index in [-0.39, 0.29) is 17.5 Å². The summed E-state index contributed by atoms with van der Waals surface area (Å²) in [4.78, 5) is 0.264. The Balaban J connectivity index is 2.43. The van der Waals surface area contributed by atoms with Gasteiger partial charge in [-0.25, -0.2) is 8.42 Å². The number of sulfonamides is 1. The maximum absolute atomic E-state index is 12.4. The van der Waals surface area contributed by atoms with Crippen LogP contribution < -0.4 is 5.73 Å². The molecule has 0 atom stereocenters. The SMILES string of the molecule is CN(C1CC1)S(=O)(=O)c1ccccc1C#CCN. The molecule has 96 valence electrons. The minimum atomic E-state index is -3.45. The van der Waals surface area contributed by atoms with Crippen LogP contribution in [0.15, 0.2) is 29.2 Å². The van der Waals surface area contributed by atoms with Crippen molar-refractivity contribution in [2.24, 2.45) is 5.73 Å². The van der Waals surface area contributed by atoms with Gasteiger partial charge in [0.1, 0.15) is 0 Å². The van der Waals surface area contributed by atoms with Crippen molar-refractivity contribution >= 4 is 10.0 Å². The molecule has 0 spiro atoms. The Morgan fingerprint density at radius 2 is 2.06 bits per heavy atom. The Bertz CT molecular complexity index is 595. The van der Waals surface area contributed by atoms with Gasteiger partial charge in [-0.3, -0.25) is 0 Å². The van der Waals surface area contributed by atoms with Gasteiger partial charge in [0, 0.05) is 18.7 Å². The lowest BCUT2D eigenvalue weighted by molar-refractivity contribution is 0.464. The molecule has 0 heterocycles. The van der Waals surface area contributed by atoms with Crippen LogP contribution in [0.5, 0.6) is 0 Å². The van der Waals surface area contributed by atoms with Crippen molar-refractivity contribution in [3.8, 4) is 11.8 Å². The van der Waals surface area contributed by atoms with Gasteiger partial charge < -0.3 is 5.73 Å². The molecule has 0 amide bonds. The molecule has 1 aromatic carbocycles. The van der Waals surface area contributed by atoms with E-state index in [0.29, 0.717) is 5.56 Å². The molecule has 0 unspecified atom stereocenters. The first-order valence-electron chi connectivity index (χ1n) is 5.83. The maximum Gasteiger partial charge on any atom is 0.244 e. The molecular weight excluding hydrogens is 248 g/mol. The van der Waals surface area contributed by atoms with Gasteiger partial charge >= 0.3 is 0 Å². The van der Waals surface area contributed by atoms with Gasteiger partial charge in [-0.05, 0) is 25.0 Å². The standard InChI is InChI=1S/C13H16N2O2S/c1-15(12-8-9-12)18(16,17)13-7-3-2-5-11(13)6-4-10-14/h2-3,5,7,12H,8-10,14H2,1H3. The minimum Gasteiger partial charge on any atom is -0.320 e. The molecule has 18 heavy (non-hydrogen) atoms. The predicted octanol–water partition coefficient (Wildman–Crippen LogP) is 0.780. The number of nitrogens with zero attached hydrogens (tertiary/aromatic N) is 1. The van der Waals surface area contributed by atoms with Crippen LogP contribution in [0.3, 0.4) is 0 Å². The predicted molar refractivity (Wildman–Crippen MR) is 70.3 cm³/mol. The topological polar surface area (TPSA) is 63.4 Å². The van der Waals surface area contributed by atoms with Crippen molar-refractivity contribution < 1.29 is 8.42 Å². The van der Waals surface area contributed by atoms with Crippen LogP contribution in [0.4, 0.5) is 0 Å². The maximum atomic E-state index is 12.4. The monoisotopic (exact) mass is 264 g/mol.